The molecule has 2 aromatic carbocycles. The molecule has 178 valence electrons. The van der Waals surface area contributed by atoms with Gasteiger partial charge in [-0.05, 0) is 73.1 Å². The fourth-order valence-corrected chi connectivity index (χ4v) is 6.63. The van der Waals surface area contributed by atoms with Crippen molar-refractivity contribution in [3.63, 3.8) is 0 Å². The molecule has 1 aliphatic heterocycles. The van der Waals surface area contributed by atoms with Crippen LogP contribution in [-0.2, 0) is 21.5 Å². The standard InChI is InChI=1S/C28H32N2O3S/c1-20-12-17-34-24(20)18-30-15-13-28(14-16-30)23-11-7-6-10-22(23)26(27(28)32-2)29-25(31)19-33-21-8-4-3-5-9-21/h3-12,17,26-27H,13-16,18-19H2,1-2H3,(H,29,31)/t26-,27+/m1/s1. The average molecular weight is 477 g/mol. The Morgan fingerprint density at radius 2 is 1.82 bits per heavy atom. The van der Waals surface area contributed by atoms with E-state index in [1.165, 1.54) is 21.6 Å². The number of hydrogen-bond donors (Lipinski definition) is 1. The molecular formula is C28H32N2O3S. The van der Waals surface area contributed by atoms with Gasteiger partial charge in [0, 0.05) is 23.9 Å². The van der Waals surface area contributed by atoms with Gasteiger partial charge in [-0.3, -0.25) is 9.69 Å². The largest absolute Gasteiger partial charge is 0.484 e. The predicted molar refractivity (Wildman–Crippen MR) is 135 cm³/mol. The zero-order chi connectivity index (χ0) is 23.5. The van der Waals surface area contributed by atoms with Gasteiger partial charge in [0.2, 0.25) is 0 Å². The number of fused-ring (bicyclic) bond motifs is 2. The van der Waals surface area contributed by atoms with Crippen LogP contribution >= 0.6 is 11.3 Å². The summed E-state index contributed by atoms with van der Waals surface area (Å²) in [5.74, 6) is 0.561. The fraction of sp³-hybridized carbons (Fsp3) is 0.393. The molecule has 2 atom stereocenters. The van der Waals surface area contributed by atoms with Crippen molar-refractivity contribution >= 4 is 17.2 Å². The molecule has 2 heterocycles. The molecule has 1 aliphatic carbocycles. The number of ether oxygens (including phenoxy) is 2. The van der Waals surface area contributed by atoms with E-state index in [9.17, 15) is 4.79 Å². The molecule has 3 aromatic rings. The summed E-state index contributed by atoms with van der Waals surface area (Å²) < 4.78 is 11.8. The minimum absolute atomic E-state index is 0.0138. The van der Waals surface area contributed by atoms with Gasteiger partial charge in [-0.2, -0.15) is 0 Å². The van der Waals surface area contributed by atoms with Crippen molar-refractivity contribution in [2.45, 2.75) is 43.9 Å². The number of thiophene rings is 1. The molecule has 1 amide bonds. The third-order valence-electron chi connectivity index (χ3n) is 7.45. The van der Waals surface area contributed by atoms with Crippen molar-refractivity contribution < 1.29 is 14.3 Å². The predicted octanol–water partition coefficient (Wildman–Crippen LogP) is 4.86. The Labute approximate surface area is 205 Å². The van der Waals surface area contributed by atoms with Crippen LogP contribution in [0.1, 0.15) is 40.5 Å². The maximum absolute atomic E-state index is 12.9. The highest BCUT2D eigenvalue weighted by atomic mass is 32.1. The number of carbonyl (C=O) groups is 1. The van der Waals surface area contributed by atoms with Gasteiger partial charge >= 0.3 is 0 Å². The lowest BCUT2D eigenvalue weighted by molar-refractivity contribution is -0.125. The van der Waals surface area contributed by atoms with Crippen LogP contribution in [-0.4, -0.2) is 43.7 Å². The number of nitrogens with zero attached hydrogens (tertiary/aromatic N) is 1. The van der Waals surface area contributed by atoms with E-state index in [1.54, 1.807) is 7.11 Å². The minimum Gasteiger partial charge on any atom is -0.484 e. The van der Waals surface area contributed by atoms with Gasteiger partial charge in [0.15, 0.2) is 6.61 Å². The molecule has 34 heavy (non-hydrogen) atoms. The van der Waals surface area contributed by atoms with Crippen LogP contribution in [0.3, 0.4) is 0 Å². The van der Waals surface area contributed by atoms with E-state index in [0.29, 0.717) is 5.75 Å². The van der Waals surface area contributed by atoms with Gasteiger partial charge in [-0.25, -0.2) is 0 Å². The first-order valence-electron chi connectivity index (χ1n) is 12.0. The van der Waals surface area contributed by atoms with Crippen LogP contribution in [0.15, 0.2) is 66.0 Å². The Morgan fingerprint density at radius 3 is 2.53 bits per heavy atom. The lowest BCUT2D eigenvalue weighted by Crippen LogP contribution is -2.50. The van der Waals surface area contributed by atoms with E-state index in [2.05, 4.69) is 52.9 Å². The summed E-state index contributed by atoms with van der Waals surface area (Å²) in [6, 6.07) is 20.0. The first-order valence-corrected chi connectivity index (χ1v) is 12.8. The zero-order valence-corrected chi connectivity index (χ0v) is 20.6. The van der Waals surface area contributed by atoms with E-state index in [0.717, 1.165) is 32.5 Å². The van der Waals surface area contributed by atoms with Crippen LogP contribution in [0.25, 0.3) is 0 Å². The number of methoxy groups -OCH3 is 1. The molecule has 1 saturated heterocycles. The second-order valence-corrected chi connectivity index (χ2v) is 10.4. The Bertz CT molecular complexity index is 1120. The van der Waals surface area contributed by atoms with E-state index in [1.807, 2.05) is 41.7 Å². The summed E-state index contributed by atoms with van der Waals surface area (Å²) in [5, 5.41) is 5.41. The lowest BCUT2D eigenvalue weighted by Gasteiger charge is -2.44. The summed E-state index contributed by atoms with van der Waals surface area (Å²) in [4.78, 5) is 16.9. The first kappa shape index (κ1) is 23.1. The molecule has 5 nitrogen and oxygen atoms in total. The van der Waals surface area contributed by atoms with E-state index < -0.39 is 0 Å². The van der Waals surface area contributed by atoms with Gasteiger partial charge in [0.05, 0.1) is 12.1 Å². The van der Waals surface area contributed by atoms with Crippen LogP contribution in [0.4, 0.5) is 0 Å². The molecule has 0 unspecified atom stereocenters. The second-order valence-electron chi connectivity index (χ2n) is 9.35. The fourth-order valence-electron chi connectivity index (χ4n) is 5.69. The Morgan fingerprint density at radius 1 is 1.09 bits per heavy atom. The highest BCUT2D eigenvalue weighted by molar-refractivity contribution is 7.10. The first-order chi connectivity index (χ1) is 16.6. The highest BCUT2D eigenvalue weighted by Crippen LogP contribution is 2.52. The number of amides is 1. The molecule has 0 saturated carbocycles. The molecule has 1 spiro atoms. The SMILES string of the molecule is CO[C@H]1[C@H](NC(=O)COc2ccccc2)c2ccccc2C12CCN(Cc1sccc1C)CC2. The second kappa shape index (κ2) is 9.90. The molecular weight excluding hydrogens is 444 g/mol. The van der Waals surface area contributed by atoms with Crippen molar-refractivity contribution in [3.05, 3.63) is 87.6 Å². The number of hydrogen-bond acceptors (Lipinski definition) is 5. The smallest absolute Gasteiger partial charge is 0.258 e. The summed E-state index contributed by atoms with van der Waals surface area (Å²) in [7, 11) is 1.78. The van der Waals surface area contributed by atoms with Crippen LogP contribution in [0.2, 0.25) is 0 Å². The van der Waals surface area contributed by atoms with Gasteiger partial charge < -0.3 is 14.8 Å². The van der Waals surface area contributed by atoms with Gasteiger partial charge in [0.1, 0.15) is 5.75 Å². The van der Waals surface area contributed by atoms with Crippen LogP contribution in [0.5, 0.6) is 5.75 Å². The minimum atomic E-state index is -0.181. The molecule has 1 N–H and O–H groups in total. The zero-order valence-electron chi connectivity index (χ0n) is 19.8. The van der Waals surface area contributed by atoms with Gasteiger partial charge in [-0.15, -0.1) is 11.3 Å². The summed E-state index contributed by atoms with van der Waals surface area (Å²) in [6.07, 6.45) is 1.93. The van der Waals surface area contributed by atoms with Crippen molar-refractivity contribution in [2.75, 3.05) is 26.8 Å². The number of para-hydroxylation sites is 1. The normalized spacial score (nSPS) is 21.4. The molecule has 1 fully saturated rings. The quantitative estimate of drug-likeness (QED) is 0.529. The maximum atomic E-state index is 12.9. The number of rotatable bonds is 7. The van der Waals surface area contributed by atoms with Crippen molar-refractivity contribution in [1.82, 2.24) is 10.2 Å². The molecule has 1 aromatic heterocycles. The third kappa shape index (κ3) is 4.38. The molecule has 6 heteroatoms. The van der Waals surface area contributed by atoms with E-state index >= 15 is 0 Å². The highest BCUT2D eigenvalue weighted by Gasteiger charge is 2.53. The molecule has 2 aliphatic rings. The monoisotopic (exact) mass is 476 g/mol. The number of likely N-dealkylation sites (tertiary alicyclic amines) is 1. The van der Waals surface area contributed by atoms with Gasteiger partial charge in [-0.1, -0.05) is 42.5 Å². The number of carbonyl (C=O) groups excluding carboxylic acids is 1. The number of nitrogens with one attached hydrogen (secondary N) is 1. The Kier molecular flexibility index (Phi) is 6.73. The van der Waals surface area contributed by atoms with E-state index in [-0.39, 0.29) is 30.1 Å². The Hall–Kier alpha value is -2.67. The van der Waals surface area contributed by atoms with Crippen molar-refractivity contribution in [1.29, 1.82) is 0 Å². The summed E-state index contributed by atoms with van der Waals surface area (Å²) in [6.45, 7) is 5.22. The summed E-state index contributed by atoms with van der Waals surface area (Å²) >= 11 is 1.85. The maximum Gasteiger partial charge on any atom is 0.258 e. The Balaban J connectivity index is 1.31. The van der Waals surface area contributed by atoms with Gasteiger partial charge in [0.25, 0.3) is 5.91 Å². The van der Waals surface area contributed by atoms with E-state index in [4.69, 9.17) is 9.47 Å². The average Bonchev–Trinajstić information content (AvgIpc) is 3.38. The topological polar surface area (TPSA) is 50.8 Å². The molecule has 0 bridgehead atoms. The molecule has 5 rings (SSSR count). The lowest BCUT2D eigenvalue weighted by atomic mass is 9.72. The van der Waals surface area contributed by atoms with Crippen LogP contribution in [0, 0.1) is 6.92 Å². The number of aryl methyl sites for hydroxylation is 1. The van der Waals surface area contributed by atoms with Crippen LogP contribution < -0.4 is 10.1 Å². The number of benzene rings is 2. The molecule has 0 radical (unpaired) electrons. The third-order valence-corrected chi connectivity index (χ3v) is 8.45. The van der Waals surface area contributed by atoms with Crippen molar-refractivity contribution in [2.24, 2.45) is 0 Å². The summed E-state index contributed by atoms with van der Waals surface area (Å²) in [5.41, 5.74) is 3.78. The van der Waals surface area contributed by atoms with Crippen molar-refractivity contribution in [3.8, 4) is 5.75 Å². The number of piperidine rings is 1.